The molecule has 0 N–H and O–H groups in total. The fourth-order valence-corrected chi connectivity index (χ4v) is 4.64. The van der Waals surface area contributed by atoms with Gasteiger partial charge in [0.2, 0.25) is 0 Å². The van der Waals surface area contributed by atoms with Crippen molar-refractivity contribution in [3.8, 4) is 17.2 Å². The first kappa shape index (κ1) is 21.9. The summed E-state index contributed by atoms with van der Waals surface area (Å²) in [5, 5.41) is 0. The van der Waals surface area contributed by atoms with E-state index in [9.17, 15) is 0 Å². The molecule has 2 aromatic carbocycles. The molecule has 0 saturated carbocycles. The summed E-state index contributed by atoms with van der Waals surface area (Å²) in [4.78, 5) is 4.91. The predicted octanol–water partition coefficient (Wildman–Crippen LogP) is 3.71. The molecular formula is C25H34N2O4. The second-order valence-electron chi connectivity index (χ2n) is 8.64. The van der Waals surface area contributed by atoms with Crippen LogP contribution in [0.5, 0.6) is 17.2 Å². The van der Waals surface area contributed by atoms with Gasteiger partial charge in [0.25, 0.3) is 0 Å². The highest BCUT2D eigenvalue weighted by atomic mass is 16.5. The van der Waals surface area contributed by atoms with Crippen LogP contribution >= 0.6 is 0 Å². The van der Waals surface area contributed by atoms with E-state index in [0.29, 0.717) is 6.61 Å². The smallest absolute Gasteiger partial charge is 0.161 e. The first-order chi connectivity index (χ1) is 15.0. The molecule has 2 aromatic rings. The van der Waals surface area contributed by atoms with E-state index >= 15 is 0 Å². The summed E-state index contributed by atoms with van der Waals surface area (Å²) in [6.45, 7) is 10.5. The molecule has 2 aliphatic rings. The van der Waals surface area contributed by atoms with Crippen molar-refractivity contribution in [1.82, 2.24) is 9.80 Å². The van der Waals surface area contributed by atoms with Gasteiger partial charge in [0, 0.05) is 44.8 Å². The van der Waals surface area contributed by atoms with Crippen molar-refractivity contribution in [2.24, 2.45) is 0 Å². The van der Waals surface area contributed by atoms with Crippen molar-refractivity contribution in [2.75, 3.05) is 40.5 Å². The molecule has 6 nitrogen and oxygen atoms in total. The Kier molecular flexibility index (Phi) is 7.00. The quantitative estimate of drug-likeness (QED) is 0.702. The van der Waals surface area contributed by atoms with Crippen LogP contribution in [0.1, 0.15) is 30.5 Å². The lowest BCUT2D eigenvalue weighted by Gasteiger charge is -2.35. The Balaban J connectivity index is 1.46. The Morgan fingerprint density at radius 2 is 1.55 bits per heavy atom. The zero-order valence-electron chi connectivity index (χ0n) is 19.1. The van der Waals surface area contributed by atoms with Crippen molar-refractivity contribution in [3.05, 3.63) is 53.1 Å². The lowest BCUT2D eigenvalue weighted by molar-refractivity contribution is -0.0704. The maximum atomic E-state index is 6.06. The molecule has 2 heterocycles. The van der Waals surface area contributed by atoms with Gasteiger partial charge in [-0.1, -0.05) is 12.1 Å². The van der Waals surface area contributed by atoms with Crippen LogP contribution in [0.4, 0.5) is 0 Å². The Morgan fingerprint density at radius 3 is 2.29 bits per heavy atom. The van der Waals surface area contributed by atoms with Gasteiger partial charge in [-0.3, -0.25) is 9.80 Å². The predicted molar refractivity (Wildman–Crippen MR) is 121 cm³/mol. The van der Waals surface area contributed by atoms with Gasteiger partial charge in [0.15, 0.2) is 11.5 Å². The van der Waals surface area contributed by atoms with Gasteiger partial charge < -0.3 is 18.9 Å². The summed E-state index contributed by atoms with van der Waals surface area (Å²) in [6.07, 6.45) is 0.565. The Bertz CT molecular complexity index is 878. The number of methoxy groups -OCH3 is 2. The van der Waals surface area contributed by atoms with Gasteiger partial charge in [-0.2, -0.15) is 0 Å². The SMILES string of the molecule is COc1ccc(CN2CCOc3ccc(CN4C[C@@H](C)O[C@@H](C)C4)cc3C2)cc1OC. The number of rotatable bonds is 6. The van der Waals surface area contributed by atoms with E-state index < -0.39 is 0 Å². The van der Waals surface area contributed by atoms with Gasteiger partial charge in [-0.15, -0.1) is 0 Å². The van der Waals surface area contributed by atoms with E-state index in [2.05, 4.69) is 54.0 Å². The topological polar surface area (TPSA) is 43.4 Å². The molecule has 4 rings (SSSR count). The highest BCUT2D eigenvalue weighted by molar-refractivity contribution is 5.43. The summed E-state index contributed by atoms with van der Waals surface area (Å²) >= 11 is 0. The van der Waals surface area contributed by atoms with Crippen molar-refractivity contribution in [3.63, 3.8) is 0 Å². The first-order valence-electron chi connectivity index (χ1n) is 11.1. The minimum atomic E-state index is 0.282. The van der Waals surface area contributed by atoms with E-state index in [4.69, 9.17) is 18.9 Å². The molecule has 0 radical (unpaired) electrons. The molecule has 6 heteroatoms. The number of ether oxygens (including phenoxy) is 4. The van der Waals surface area contributed by atoms with E-state index in [1.165, 1.54) is 16.7 Å². The Labute approximate surface area is 185 Å². The van der Waals surface area contributed by atoms with Crippen LogP contribution in [0.3, 0.4) is 0 Å². The fraction of sp³-hybridized carbons (Fsp3) is 0.520. The number of hydrogen-bond acceptors (Lipinski definition) is 6. The molecule has 2 aliphatic heterocycles. The molecule has 168 valence electrons. The minimum Gasteiger partial charge on any atom is -0.493 e. The zero-order chi connectivity index (χ0) is 21.8. The molecule has 0 amide bonds. The van der Waals surface area contributed by atoms with Crippen molar-refractivity contribution < 1.29 is 18.9 Å². The first-order valence-corrected chi connectivity index (χ1v) is 11.1. The molecule has 2 atom stereocenters. The maximum absolute atomic E-state index is 6.06. The second kappa shape index (κ2) is 9.90. The third-order valence-corrected chi connectivity index (χ3v) is 5.94. The lowest BCUT2D eigenvalue weighted by Crippen LogP contribution is -2.44. The molecule has 1 saturated heterocycles. The average molecular weight is 427 g/mol. The molecule has 0 aliphatic carbocycles. The van der Waals surface area contributed by atoms with Gasteiger partial charge in [0.05, 0.1) is 26.4 Å². The highest BCUT2D eigenvalue weighted by Crippen LogP contribution is 2.30. The number of fused-ring (bicyclic) bond motifs is 1. The van der Waals surface area contributed by atoms with Crippen molar-refractivity contribution >= 4 is 0 Å². The standard InChI is InChI=1S/C25H34N2O4/c1-18-13-27(14-19(2)31-18)16-20-5-7-23-22(11-20)17-26(9-10-30-23)15-21-6-8-24(28-3)25(12-21)29-4/h5-8,11-12,18-19H,9-10,13-17H2,1-4H3/t18-,19+. The van der Waals surface area contributed by atoms with Crippen LogP contribution in [0.15, 0.2) is 36.4 Å². The number of morpholine rings is 1. The van der Waals surface area contributed by atoms with Crippen LogP contribution < -0.4 is 14.2 Å². The third-order valence-electron chi connectivity index (χ3n) is 5.94. The van der Waals surface area contributed by atoms with E-state index in [-0.39, 0.29) is 12.2 Å². The van der Waals surface area contributed by atoms with Crippen LogP contribution in [0, 0.1) is 0 Å². The molecule has 31 heavy (non-hydrogen) atoms. The summed E-state index contributed by atoms with van der Waals surface area (Å²) in [5.41, 5.74) is 3.79. The van der Waals surface area contributed by atoms with Gasteiger partial charge in [-0.25, -0.2) is 0 Å². The van der Waals surface area contributed by atoms with Gasteiger partial charge in [-0.05, 0) is 49.2 Å². The summed E-state index contributed by atoms with van der Waals surface area (Å²) in [5.74, 6) is 2.53. The monoisotopic (exact) mass is 426 g/mol. The zero-order valence-corrected chi connectivity index (χ0v) is 19.1. The van der Waals surface area contributed by atoms with Gasteiger partial charge in [0.1, 0.15) is 12.4 Å². The number of nitrogens with zero attached hydrogens (tertiary/aromatic N) is 2. The van der Waals surface area contributed by atoms with Crippen LogP contribution in [0.25, 0.3) is 0 Å². The average Bonchev–Trinajstić information content (AvgIpc) is 2.94. The van der Waals surface area contributed by atoms with E-state index in [1.807, 2.05) is 6.07 Å². The maximum Gasteiger partial charge on any atom is 0.161 e. The van der Waals surface area contributed by atoms with Gasteiger partial charge >= 0.3 is 0 Å². The van der Waals surface area contributed by atoms with Crippen molar-refractivity contribution in [2.45, 2.75) is 45.7 Å². The molecule has 0 unspecified atom stereocenters. The van der Waals surface area contributed by atoms with E-state index in [0.717, 1.165) is 56.5 Å². The Morgan fingerprint density at radius 1 is 0.871 bits per heavy atom. The highest BCUT2D eigenvalue weighted by Gasteiger charge is 2.23. The molecule has 0 bridgehead atoms. The normalized spacial score (nSPS) is 22.3. The number of benzene rings is 2. The summed E-state index contributed by atoms with van der Waals surface area (Å²) in [7, 11) is 3.34. The van der Waals surface area contributed by atoms with E-state index in [1.54, 1.807) is 14.2 Å². The molecule has 1 fully saturated rings. The fourth-order valence-electron chi connectivity index (χ4n) is 4.64. The molecular weight excluding hydrogens is 392 g/mol. The Hall–Kier alpha value is -2.28. The summed E-state index contributed by atoms with van der Waals surface area (Å²) < 4.78 is 22.8. The third kappa shape index (κ3) is 5.50. The van der Waals surface area contributed by atoms with Crippen LogP contribution in [-0.4, -0.2) is 62.5 Å². The number of hydrogen-bond donors (Lipinski definition) is 0. The molecule has 0 aromatic heterocycles. The van der Waals surface area contributed by atoms with Crippen LogP contribution in [-0.2, 0) is 24.4 Å². The lowest BCUT2D eigenvalue weighted by atomic mass is 10.1. The van der Waals surface area contributed by atoms with Crippen molar-refractivity contribution in [1.29, 1.82) is 0 Å². The molecule has 0 spiro atoms. The summed E-state index contributed by atoms with van der Waals surface area (Å²) in [6, 6.07) is 12.8. The largest absolute Gasteiger partial charge is 0.493 e. The second-order valence-corrected chi connectivity index (χ2v) is 8.64. The van der Waals surface area contributed by atoms with Crippen LogP contribution in [0.2, 0.25) is 0 Å². The minimum absolute atomic E-state index is 0.282.